The lowest BCUT2D eigenvalue weighted by Gasteiger charge is -2.11. The van der Waals surface area contributed by atoms with E-state index in [1.807, 2.05) is 0 Å². The summed E-state index contributed by atoms with van der Waals surface area (Å²) >= 11 is 0. The van der Waals surface area contributed by atoms with Crippen molar-refractivity contribution in [2.75, 3.05) is 20.6 Å². The van der Waals surface area contributed by atoms with Gasteiger partial charge in [0.15, 0.2) is 0 Å². The zero-order chi connectivity index (χ0) is 13.7. The molecule has 1 rings (SSSR count). The fourth-order valence-electron chi connectivity index (χ4n) is 1.29. The van der Waals surface area contributed by atoms with Crippen LogP contribution >= 0.6 is 0 Å². The van der Waals surface area contributed by atoms with E-state index in [0.717, 1.165) is 0 Å². The Kier molecular flexibility index (Phi) is 4.47. The fraction of sp³-hybridized carbons (Fsp3) is 0.364. The quantitative estimate of drug-likeness (QED) is 0.732. The molecule has 0 fully saturated rings. The van der Waals surface area contributed by atoms with Gasteiger partial charge in [0.2, 0.25) is 11.8 Å². The number of nitrogens with zero attached hydrogens (tertiary/aromatic N) is 2. The van der Waals surface area contributed by atoms with Gasteiger partial charge in [-0.05, 0) is 12.1 Å². The molecular weight excluding hydrogens is 238 g/mol. The van der Waals surface area contributed by atoms with Crippen molar-refractivity contribution in [3.05, 3.63) is 24.0 Å². The van der Waals surface area contributed by atoms with Crippen molar-refractivity contribution in [1.82, 2.24) is 14.8 Å². The van der Waals surface area contributed by atoms with Crippen molar-refractivity contribution in [3.8, 4) is 0 Å². The number of likely N-dealkylation sites (N-methyl/N-ethyl adjacent to an activating group) is 1. The van der Waals surface area contributed by atoms with E-state index in [0.29, 0.717) is 0 Å². The van der Waals surface area contributed by atoms with Crippen molar-refractivity contribution in [3.63, 3.8) is 0 Å². The molecule has 2 N–H and O–H groups in total. The maximum atomic E-state index is 11.5. The lowest BCUT2D eigenvalue weighted by Crippen LogP contribution is -2.37. The van der Waals surface area contributed by atoms with E-state index >= 15 is 0 Å². The van der Waals surface area contributed by atoms with Crippen molar-refractivity contribution >= 4 is 17.8 Å². The molecule has 0 unspecified atom stereocenters. The number of nitrogens with one attached hydrogen (secondary N) is 1. The van der Waals surface area contributed by atoms with Gasteiger partial charge in [0.05, 0.1) is 6.54 Å². The Labute approximate surface area is 104 Å². The van der Waals surface area contributed by atoms with Gasteiger partial charge in [-0.15, -0.1) is 0 Å². The highest BCUT2D eigenvalue weighted by Gasteiger charge is 2.12. The molecule has 2 amide bonds. The lowest BCUT2D eigenvalue weighted by molar-refractivity contribution is -0.131. The number of hydrogen-bond donors (Lipinski definition) is 2. The molecule has 18 heavy (non-hydrogen) atoms. The average molecular weight is 253 g/mol. The second kappa shape index (κ2) is 5.85. The molecule has 0 atom stereocenters. The van der Waals surface area contributed by atoms with E-state index in [-0.39, 0.29) is 24.7 Å². The van der Waals surface area contributed by atoms with Gasteiger partial charge in [-0.25, -0.2) is 4.79 Å². The highest BCUT2D eigenvalue weighted by atomic mass is 16.4. The number of aromatic nitrogens is 1. The SMILES string of the molecule is CN(C)C(=O)CNC(=O)Cn1cccc1C(=O)O. The number of carbonyl (C=O) groups is 3. The molecule has 7 heteroatoms. The second-order valence-electron chi connectivity index (χ2n) is 3.89. The summed E-state index contributed by atoms with van der Waals surface area (Å²) in [5.41, 5.74) is 0.0316. The van der Waals surface area contributed by atoms with Crippen molar-refractivity contribution < 1.29 is 19.5 Å². The van der Waals surface area contributed by atoms with Crippen molar-refractivity contribution in [2.24, 2.45) is 0 Å². The van der Waals surface area contributed by atoms with E-state index in [2.05, 4.69) is 5.32 Å². The highest BCUT2D eigenvalue weighted by molar-refractivity contribution is 5.87. The van der Waals surface area contributed by atoms with Crippen LogP contribution in [-0.4, -0.2) is 53.0 Å². The third-order valence-electron chi connectivity index (χ3n) is 2.30. The lowest BCUT2D eigenvalue weighted by atomic mass is 10.4. The summed E-state index contributed by atoms with van der Waals surface area (Å²) in [6.07, 6.45) is 1.50. The maximum absolute atomic E-state index is 11.5. The molecule has 0 spiro atoms. The van der Waals surface area contributed by atoms with Gasteiger partial charge < -0.3 is 19.9 Å². The van der Waals surface area contributed by atoms with E-state index in [1.165, 1.54) is 21.7 Å². The number of rotatable bonds is 5. The summed E-state index contributed by atoms with van der Waals surface area (Å²) in [6, 6.07) is 2.95. The molecule has 0 saturated carbocycles. The molecule has 0 aliphatic rings. The Morgan fingerprint density at radius 1 is 1.39 bits per heavy atom. The normalized spacial score (nSPS) is 9.89. The summed E-state index contributed by atoms with van der Waals surface area (Å²) in [5.74, 6) is -1.74. The molecule has 1 aromatic rings. The fourth-order valence-corrected chi connectivity index (χ4v) is 1.29. The molecule has 1 aromatic heterocycles. The maximum Gasteiger partial charge on any atom is 0.352 e. The van der Waals surface area contributed by atoms with E-state index < -0.39 is 11.9 Å². The standard InChI is InChI=1S/C11H15N3O4/c1-13(2)10(16)6-12-9(15)7-14-5-3-4-8(14)11(17)18/h3-5H,6-7H2,1-2H3,(H,12,15)(H,17,18). The molecule has 7 nitrogen and oxygen atoms in total. The number of amides is 2. The first kappa shape index (κ1) is 13.8. The predicted molar refractivity (Wildman–Crippen MR) is 63.1 cm³/mol. The van der Waals surface area contributed by atoms with Crippen LogP contribution in [0.3, 0.4) is 0 Å². The Morgan fingerprint density at radius 2 is 2.06 bits per heavy atom. The zero-order valence-electron chi connectivity index (χ0n) is 10.2. The Balaban J connectivity index is 2.52. The first-order valence-electron chi connectivity index (χ1n) is 5.27. The van der Waals surface area contributed by atoms with Crippen LogP contribution in [0.4, 0.5) is 0 Å². The Bertz CT molecular complexity index is 465. The smallest absolute Gasteiger partial charge is 0.352 e. The van der Waals surface area contributed by atoms with Gasteiger partial charge in [-0.2, -0.15) is 0 Å². The molecule has 0 aliphatic heterocycles. The van der Waals surface area contributed by atoms with Crippen LogP contribution in [0, 0.1) is 0 Å². The monoisotopic (exact) mass is 253 g/mol. The summed E-state index contributed by atoms with van der Waals surface area (Å²) < 4.78 is 1.30. The largest absolute Gasteiger partial charge is 0.477 e. The van der Waals surface area contributed by atoms with Gasteiger partial charge in [0.25, 0.3) is 0 Å². The summed E-state index contributed by atoms with van der Waals surface area (Å²) in [5, 5.41) is 11.3. The molecule has 0 saturated heterocycles. The minimum absolute atomic E-state index is 0.0316. The van der Waals surface area contributed by atoms with Crippen LogP contribution in [0.2, 0.25) is 0 Å². The summed E-state index contributed by atoms with van der Waals surface area (Å²) in [4.78, 5) is 34.9. The van der Waals surface area contributed by atoms with Crippen LogP contribution in [0.15, 0.2) is 18.3 Å². The first-order chi connectivity index (χ1) is 8.41. The van der Waals surface area contributed by atoms with Gasteiger partial charge in [-0.3, -0.25) is 9.59 Å². The van der Waals surface area contributed by atoms with Crippen LogP contribution < -0.4 is 5.32 Å². The third kappa shape index (κ3) is 3.62. The van der Waals surface area contributed by atoms with Gasteiger partial charge in [-0.1, -0.05) is 0 Å². The Morgan fingerprint density at radius 3 is 2.61 bits per heavy atom. The van der Waals surface area contributed by atoms with Gasteiger partial charge in [0.1, 0.15) is 12.2 Å². The van der Waals surface area contributed by atoms with Gasteiger partial charge in [0, 0.05) is 20.3 Å². The molecular formula is C11H15N3O4. The average Bonchev–Trinajstić information content (AvgIpc) is 2.73. The topological polar surface area (TPSA) is 91.6 Å². The van der Waals surface area contributed by atoms with E-state index in [4.69, 9.17) is 5.11 Å². The number of carbonyl (C=O) groups excluding carboxylic acids is 2. The van der Waals surface area contributed by atoms with Crippen molar-refractivity contribution in [1.29, 1.82) is 0 Å². The van der Waals surface area contributed by atoms with E-state index in [9.17, 15) is 14.4 Å². The van der Waals surface area contributed by atoms with E-state index in [1.54, 1.807) is 20.2 Å². The van der Waals surface area contributed by atoms with Crippen LogP contribution in [-0.2, 0) is 16.1 Å². The van der Waals surface area contributed by atoms with Gasteiger partial charge >= 0.3 is 5.97 Å². The first-order valence-corrected chi connectivity index (χ1v) is 5.27. The third-order valence-corrected chi connectivity index (χ3v) is 2.30. The predicted octanol–water partition coefficient (Wildman–Crippen LogP) is -0.609. The molecule has 98 valence electrons. The summed E-state index contributed by atoms with van der Waals surface area (Å²) in [6.45, 7) is -0.231. The highest BCUT2D eigenvalue weighted by Crippen LogP contribution is 2.01. The van der Waals surface area contributed by atoms with Crippen LogP contribution in [0.1, 0.15) is 10.5 Å². The van der Waals surface area contributed by atoms with Crippen LogP contribution in [0.5, 0.6) is 0 Å². The number of aromatic carboxylic acids is 1. The molecule has 0 aromatic carbocycles. The molecule has 1 heterocycles. The van der Waals surface area contributed by atoms with Crippen molar-refractivity contribution in [2.45, 2.75) is 6.54 Å². The second-order valence-corrected chi connectivity index (χ2v) is 3.89. The zero-order valence-corrected chi connectivity index (χ0v) is 10.2. The minimum atomic E-state index is -1.10. The molecule has 0 aliphatic carbocycles. The molecule has 0 bridgehead atoms. The number of carboxylic acids is 1. The minimum Gasteiger partial charge on any atom is -0.477 e. The number of hydrogen-bond acceptors (Lipinski definition) is 3. The Hall–Kier alpha value is -2.31. The number of carboxylic acid groups (broad SMARTS) is 1. The van der Waals surface area contributed by atoms with Crippen LogP contribution in [0.25, 0.3) is 0 Å². The summed E-state index contributed by atoms with van der Waals surface area (Å²) in [7, 11) is 3.17. The molecule has 0 radical (unpaired) electrons.